The standard InChI is InChI=1S/C8H7FN2O2S/c1-5-7-4-6(14(9,12)13)2-3-8(7)11-10-5/h2-4H,1H3,(H,10,11). The molecule has 0 amide bonds. The minimum Gasteiger partial charge on any atom is -0.282 e. The van der Waals surface area contributed by atoms with Crippen LogP contribution in [0.1, 0.15) is 5.69 Å². The van der Waals surface area contributed by atoms with E-state index in [2.05, 4.69) is 10.2 Å². The quantitative estimate of drug-likeness (QED) is 0.732. The zero-order valence-corrected chi connectivity index (χ0v) is 8.10. The van der Waals surface area contributed by atoms with Gasteiger partial charge in [0.05, 0.1) is 10.4 Å². The normalized spacial score (nSPS) is 12.1. The number of H-pyrrole nitrogens is 1. The van der Waals surface area contributed by atoms with Crippen molar-refractivity contribution in [3.8, 4) is 0 Å². The number of aromatic nitrogens is 2. The highest BCUT2D eigenvalue weighted by Crippen LogP contribution is 2.20. The molecule has 2 aromatic rings. The molecule has 0 saturated carbocycles. The van der Waals surface area contributed by atoms with E-state index in [0.717, 1.165) is 0 Å². The van der Waals surface area contributed by atoms with Crippen LogP contribution >= 0.6 is 0 Å². The number of nitrogens with zero attached hydrogens (tertiary/aromatic N) is 1. The van der Waals surface area contributed by atoms with E-state index in [0.29, 0.717) is 16.6 Å². The molecule has 2 rings (SSSR count). The van der Waals surface area contributed by atoms with Crippen LogP contribution in [-0.4, -0.2) is 18.6 Å². The van der Waals surface area contributed by atoms with E-state index in [9.17, 15) is 12.3 Å². The fourth-order valence-corrected chi connectivity index (χ4v) is 1.76. The summed E-state index contributed by atoms with van der Waals surface area (Å²) in [6, 6.07) is 3.92. The maximum Gasteiger partial charge on any atom is 0.332 e. The number of nitrogens with one attached hydrogen (secondary N) is 1. The summed E-state index contributed by atoms with van der Waals surface area (Å²) in [5.74, 6) is 0. The zero-order chi connectivity index (χ0) is 10.3. The lowest BCUT2D eigenvalue weighted by Crippen LogP contribution is -1.90. The van der Waals surface area contributed by atoms with Crippen LogP contribution in [0.4, 0.5) is 3.89 Å². The van der Waals surface area contributed by atoms with Gasteiger partial charge in [0.2, 0.25) is 0 Å². The van der Waals surface area contributed by atoms with Gasteiger partial charge in [0.25, 0.3) is 0 Å². The number of hydrogen-bond donors (Lipinski definition) is 1. The highest BCUT2D eigenvalue weighted by atomic mass is 32.3. The Morgan fingerprint density at radius 1 is 1.43 bits per heavy atom. The van der Waals surface area contributed by atoms with E-state index in [1.807, 2.05) is 0 Å². The predicted molar refractivity (Wildman–Crippen MR) is 49.1 cm³/mol. The molecule has 1 aromatic heterocycles. The Bertz CT molecular complexity index is 588. The summed E-state index contributed by atoms with van der Waals surface area (Å²) < 4.78 is 33.9. The third-order valence-electron chi connectivity index (χ3n) is 2.00. The van der Waals surface area contributed by atoms with Gasteiger partial charge < -0.3 is 0 Å². The van der Waals surface area contributed by atoms with Crippen molar-refractivity contribution in [1.29, 1.82) is 0 Å². The number of halogens is 1. The van der Waals surface area contributed by atoms with Gasteiger partial charge in [0, 0.05) is 11.1 Å². The summed E-state index contributed by atoms with van der Waals surface area (Å²) >= 11 is 0. The van der Waals surface area contributed by atoms with Crippen LogP contribution in [0.3, 0.4) is 0 Å². The molecular weight excluding hydrogens is 207 g/mol. The SMILES string of the molecule is Cc1[nH]nc2ccc(S(=O)(=O)F)cc12. The van der Waals surface area contributed by atoms with Gasteiger partial charge in [-0.25, -0.2) is 0 Å². The van der Waals surface area contributed by atoms with Crippen molar-refractivity contribution >= 4 is 21.1 Å². The first kappa shape index (κ1) is 9.14. The molecule has 0 spiro atoms. The first-order chi connectivity index (χ1) is 6.48. The van der Waals surface area contributed by atoms with Gasteiger partial charge in [0.1, 0.15) is 0 Å². The lowest BCUT2D eigenvalue weighted by molar-refractivity contribution is 0.552. The molecule has 4 nitrogen and oxygen atoms in total. The van der Waals surface area contributed by atoms with E-state index < -0.39 is 10.2 Å². The fraction of sp³-hybridized carbons (Fsp3) is 0.125. The molecule has 74 valence electrons. The van der Waals surface area contributed by atoms with Gasteiger partial charge in [-0.15, -0.1) is 3.89 Å². The average molecular weight is 214 g/mol. The van der Waals surface area contributed by atoms with E-state index in [4.69, 9.17) is 0 Å². The first-order valence-electron chi connectivity index (χ1n) is 3.88. The molecule has 1 heterocycles. The van der Waals surface area contributed by atoms with Gasteiger partial charge in [-0.2, -0.15) is 13.5 Å². The van der Waals surface area contributed by atoms with Crippen molar-refractivity contribution in [2.45, 2.75) is 11.8 Å². The minimum atomic E-state index is -4.63. The van der Waals surface area contributed by atoms with Crippen molar-refractivity contribution < 1.29 is 12.3 Å². The van der Waals surface area contributed by atoms with E-state index in [1.165, 1.54) is 18.2 Å². The van der Waals surface area contributed by atoms with Crippen molar-refractivity contribution in [3.05, 3.63) is 23.9 Å². The zero-order valence-electron chi connectivity index (χ0n) is 7.28. The van der Waals surface area contributed by atoms with E-state index in [-0.39, 0.29) is 4.90 Å². The van der Waals surface area contributed by atoms with Crippen LogP contribution in [0.15, 0.2) is 23.1 Å². The molecule has 1 aromatic carbocycles. The molecule has 0 bridgehead atoms. The Labute approximate surface area is 80.0 Å². The fourth-order valence-electron chi connectivity index (χ4n) is 1.27. The molecule has 6 heteroatoms. The predicted octanol–water partition coefficient (Wildman–Crippen LogP) is 1.53. The van der Waals surface area contributed by atoms with Crippen molar-refractivity contribution in [2.75, 3.05) is 0 Å². The first-order valence-corrected chi connectivity index (χ1v) is 5.26. The second-order valence-electron chi connectivity index (χ2n) is 2.97. The summed E-state index contributed by atoms with van der Waals surface area (Å²) in [6.07, 6.45) is 0. The molecular formula is C8H7FN2O2S. The average Bonchev–Trinajstić information content (AvgIpc) is 2.46. The summed E-state index contributed by atoms with van der Waals surface area (Å²) in [4.78, 5) is -0.338. The molecule has 1 N–H and O–H groups in total. The Morgan fingerprint density at radius 2 is 2.14 bits per heavy atom. The number of aryl methyl sites for hydroxylation is 1. The highest BCUT2D eigenvalue weighted by Gasteiger charge is 2.13. The lowest BCUT2D eigenvalue weighted by Gasteiger charge is -1.94. The van der Waals surface area contributed by atoms with Crippen molar-refractivity contribution in [1.82, 2.24) is 10.2 Å². The maximum absolute atomic E-state index is 12.6. The monoisotopic (exact) mass is 214 g/mol. The number of benzene rings is 1. The van der Waals surface area contributed by atoms with Gasteiger partial charge in [0.15, 0.2) is 0 Å². The second-order valence-corrected chi connectivity index (χ2v) is 4.31. The molecule has 0 saturated heterocycles. The largest absolute Gasteiger partial charge is 0.332 e. The van der Waals surface area contributed by atoms with E-state index in [1.54, 1.807) is 6.92 Å². The van der Waals surface area contributed by atoms with E-state index >= 15 is 0 Å². The van der Waals surface area contributed by atoms with Crippen LogP contribution in [0.25, 0.3) is 10.9 Å². The van der Waals surface area contributed by atoms with Gasteiger partial charge in [-0.3, -0.25) is 5.10 Å². The molecule has 0 aliphatic heterocycles. The Balaban J connectivity index is 2.79. The Morgan fingerprint density at radius 3 is 2.79 bits per heavy atom. The summed E-state index contributed by atoms with van der Waals surface area (Å²) in [5, 5.41) is 7.20. The highest BCUT2D eigenvalue weighted by molar-refractivity contribution is 7.86. The second kappa shape index (κ2) is 2.78. The summed E-state index contributed by atoms with van der Waals surface area (Å²) in [7, 11) is -4.63. The van der Waals surface area contributed by atoms with Gasteiger partial charge in [-0.1, -0.05) is 0 Å². The van der Waals surface area contributed by atoms with Crippen LogP contribution < -0.4 is 0 Å². The lowest BCUT2D eigenvalue weighted by atomic mass is 10.2. The molecule has 14 heavy (non-hydrogen) atoms. The van der Waals surface area contributed by atoms with Crippen LogP contribution in [0.2, 0.25) is 0 Å². The van der Waals surface area contributed by atoms with Crippen molar-refractivity contribution in [2.24, 2.45) is 0 Å². The summed E-state index contributed by atoms with van der Waals surface area (Å²) in [6.45, 7) is 1.74. The molecule has 0 fully saturated rings. The maximum atomic E-state index is 12.6. The summed E-state index contributed by atoms with van der Waals surface area (Å²) in [5.41, 5.74) is 1.33. The number of rotatable bonds is 1. The Hall–Kier alpha value is -1.43. The van der Waals surface area contributed by atoms with Crippen LogP contribution in [0, 0.1) is 6.92 Å². The molecule has 0 aliphatic carbocycles. The Kier molecular flexibility index (Phi) is 1.81. The third-order valence-corrected chi connectivity index (χ3v) is 2.81. The minimum absolute atomic E-state index is 0.338. The van der Waals surface area contributed by atoms with Gasteiger partial charge in [-0.05, 0) is 25.1 Å². The molecule has 0 atom stereocenters. The van der Waals surface area contributed by atoms with Crippen molar-refractivity contribution in [3.63, 3.8) is 0 Å². The number of fused-ring (bicyclic) bond motifs is 1. The molecule has 0 unspecified atom stereocenters. The smallest absolute Gasteiger partial charge is 0.282 e. The van der Waals surface area contributed by atoms with Crippen LogP contribution in [0.5, 0.6) is 0 Å². The van der Waals surface area contributed by atoms with Gasteiger partial charge >= 0.3 is 10.2 Å². The number of aromatic amines is 1. The molecule has 0 radical (unpaired) electrons. The topological polar surface area (TPSA) is 62.8 Å². The molecule has 0 aliphatic rings. The van der Waals surface area contributed by atoms with Crippen LogP contribution in [-0.2, 0) is 10.2 Å². The number of hydrogen-bond acceptors (Lipinski definition) is 3. The third kappa shape index (κ3) is 1.37.